The summed E-state index contributed by atoms with van der Waals surface area (Å²) < 4.78 is 0. The van der Waals surface area contributed by atoms with Crippen LogP contribution in [0.4, 0.5) is 0 Å². The number of benzene rings is 1. The van der Waals surface area contributed by atoms with Gasteiger partial charge in [-0.15, -0.1) is 0 Å². The molecule has 1 heterocycles. The first-order valence-corrected chi connectivity index (χ1v) is 8.73. The van der Waals surface area contributed by atoms with Crippen molar-refractivity contribution >= 4 is 0 Å². The molecule has 2 heteroatoms. The molecule has 0 aromatic heterocycles. The molecular weight excluding hydrogens is 256 g/mol. The van der Waals surface area contributed by atoms with E-state index in [4.69, 9.17) is 0 Å². The molecule has 1 aromatic rings. The molecule has 2 unspecified atom stereocenters. The first kappa shape index (κ1) is 16.5. The fourth-order valence-corrected chi connectivity index (χ4v) is 3.46. The SMILES string of the molecule is CCCC(c1ccccc1)N1CCCC(CNC(C)C)C1. The summed E-state index contributed by atoms with van der Waals surface area (Å²) in [6.45, 7) is 10.5. The highest BCUT2D eigenvalue weighted by Gasteiger charge is 2.26. The summed E-state index contributed by atoms with van der Waals surface area (Å²) in [5, 5.41) is 3.62. The topological polar surface area (TPSA) is 15.3 Å². The van der Waals surface area contributed by atoms with Crippen molar-refractivity contribution in [3.05, 3.63) is 35.9 Å². The number of rotatable bonds is 7. The monoisotopic (exact) mass is 288 g/mol. The summed E-state index contributed by atoms with van der Waals surface area (Å²) in [5.74, 6) is 0.809. The number of hydrogen-bond acceptors (Lipinski definition) is 2. The van der Waals surface area contributed by atoms with Gasteiger partial charge in [-0.05, 0) is 43.8 Å². The Labute approximate surface area is 130 Å². The Balaban J connectivity index is 1.99. The van der Waals surface area contributed by atoms with E-state index in [1.807, 2.05) is 0 Å². The largest absolute Gasteiger partial charge is 0.314 e. The van der Waals surface area contributed by atoms with E-state index in [0.29, 0.717) is 12.1 Å². The molecule has 118 valence electrons. The van der Waals surface area contributed by atoms with Gasteiger partial charge in [0.05, 0.1) is 0 Å². The van der Waals surface area contributed by atoms with Gasteiger partial charge in [-0.3, -0.25) is 4.90 Å². The van der Waals surface area contributed by atoms with E-state index in [1.165, 1.54) is 50.9 Å². The van der Waals surface area contributed by atoms with E-state index >= 15 is 0 Å². The molecule has 1 fully saturated rings. The van der Waals surface area contributed by atoms with E-state index in [9.17, 15) is 0 Å². The van der Waals surface area contributed by atoms with E-state index in [1.54, 1.807) is 0 Å². The highest BCUT2D eigenvalue weighted by atomic mass is 15.2. The lowest BCUT2D eigenvalue weighted by atomic mass is 9.93. The third-order valence-electron chi connectivity index (χ3n) is 4.55. The second kappa shape index (κ2) is 8.55. The maximum absolute atomic E-state index is 3.62. The molecule has 0 saturated carbocycles. The van der Waals surface area contributed by atoms with Gasteiger partial charge < -0.3 is 5.32 Å². The lowest BCUT2D eigenvalue weighted by Crippen LogP contribution is -2.42. The van der Waals surface area contributed by atoms with Crippen LogP contribution in [0, 0.1) is 5.92 Å². The molecule has 0 amide bonds. The van der Waals surface area contributed by atoms with Gasteiger partial charge in [0.15, 0.2) is 0 Å². The van der Waals surface area contributed by atoms with Crippen LogP contribution in [-0.2, 0) is 0 Å². The van der Waals surface area contributed by atoms with Crippen LogP contribution in [0.15, 0.2) is 30.3 Å². The van der Waals surface area contributed by atoms with Gasteiger partial charge in [-0.25, -0.2) is 0 Å². The Hall–Kier alpha value is -0.860. The maximum atomic E-state index is 3.62. The molecule has 1 aromatic carbocycles. The molecule has 1 N–H and O–H groups in total. The summed E-state index contributed by atoms with van der Waals surface area (Å²) in [4.78, 5) is 2.73. The van der Waals surface area contributed by atoms with Crippen LogP contribution in [0.1, 0.15) is 58.1 Å². The summed E-state index contributed by atoms with van der Waals surface area (Å²) in [7, 11) is 0. The van der Waals surface area contributed by atoms with E-state index in [-0.39, 0.29) is 0 Å². The van der Waals surface area contributed by atoms with Crippen LogP contribution in [0.5, 0.6) is 0 Å². The van der Waals surface area contributed by atoms with Gasteiger partial charge in [0.1, 0.15) is 0 Å². The van der Waals surface area contributed by atoms with Gasteiger partial charge in [-0.2, -0.15) is 0 Å². The minimum Gasteiger partial charge on any atom is -0.314 e. The summed E-state index contributed by atoms with van der Waals surface area (Å²) in [6, 6.07) is 12.3. The normalized spacial score (nSPS) is 21.6. The highest BCUT2D eigenvalue weighted by Crippen LogP contribution is 2.30. The minimum atomic E-state index is 0.598. The third kappa shape index (κ3) is 5.12. The second-order valence-corrected chi connectivity index (χ2v) is 6.78. The predicted octanol–water partition coefficient (Wildman–Crippen LogP) is 4.24. The molecule has 1 aliphatic heterocycles. The zero-order valence-corrected chi connectivity index (χ0v) is 14.0. The van der Waals surface area contributed by atoms with Crippen LogP contribution in [-0.4, -0.2) is 30.6 Å². The number of likely N-dealkylation sites (tertiary alicyclic amines) is 1. The van der Waals surface area contributed by atoms with Crippen molar-refractivity contribution in [2.24, 2.45) is 5.92 Å². The smallest absolute Gasteiger partial charge is 0.0348 e. The van der Waals surface area contributed by atoms with Crippen LogP contribution >= 0.6 is 0 Å². The van der Waals surface area contributed by atoms with E-state index in [2.05, 4.69) is 61.3 Å². The van der Waals surface area contributed by atoms with Crippen molar-refractivity contribution in [2.75, 3.05) is 19.6 Å². The molecule has 0 radical (unpaired) electrons. The molecule has 2 atom stereocenters. The Kier molecular flexibility index (Phi) is 6.72. The first-order valence-electron chi connectivity index (χ1n) is 8.73. The van der Waals surface area contributed by atoms with Crippen LogP contribution in [0.3, 0.4) is 0 Å². The Morgan fingerprint density at radius 1 is 1.24 bits per heavy atom. The molecular formula is C19H32N2. The molecule has 0 spiro atoms. The van der Waals surface area contributed by atoms with Crippen LogP contribution in [0.25, 0.3) is 0 Å². The van der Waals surface area contributed by atoms with Gasteiger partial charge in [0.2, 0.25) is 0 Å². The maximum Gasteiger partial charge on any atom is 0.0348 e. The zero-order valence-electron chi connectivity index (χ0n) is 14.0. The lowest BCUT2D eigenvalue weighted by molar-refractivity contribution is 0.114. The van der Waals surface area contributed by atoms with Crippen molar-refractivity contribution < 1.29 is 0 Å². The quantitative estimate of drug-likeness (QED) is 0.807. The van der Waals surface area contributed by atoms with Crippen LogP contribution < -0.4 is 5.32 Å². The van der Waals surface area contributed by atoms with Crippen molar-refractivity contribution in [3.63, 3.8) is 0 Å². The number of hydrogen-bond donors (Lipinski definition) is 1. The number of piperidine rings is 1. The van der Waals surface area contributed by atoms with Crippen molar-refractivity contribution in [1.82, 2.24) is 10.2 Å². The summed E-state index contributed by atoms with van der Waals surface area (Å²) in [5.41, 5.74) is 1.50. The predicted molar refractivity (Wildman–Crippen MR) is 91.5 cm³/mol. The molecule has 1 saturated heterocycles. The van der Waals surface area contributed by atoms with E-state index < -0.39 is 0 Å². The standard InChI is InChI=1S/C19H32N2/c1-4-9-19(18-11-6-5-7-12-18)21-13-8-10-17(15-21)14-20-16(2)3/h5-7,11-12,16-17,19-20H,4,8-10,13-15H2,1-3H3. The lowest BCUT2D eigenvalue weighted by Gasteiger charge is -2.39. The van der Waals surface area contributed by atoms with Gasteiger partial charge in [-0.1, -0.05) is 57.5 Å². The van der Waals surface area contributed by atoms with Crippen LogP contribution in [0.2, 0.25) is 0 Å². The molecule has 21 heavy (non-hydrogen) atoms. The molecule has 2 rings (SSSR count). The number of nitrogens with one attached hydrogen (secondary N) is 1. The van der Waals surface area contributed by atoms with Crippen molar-refractivity contribution in [2.45, 2.75) is 58.5 Å². The fourth-order valence-electron chi connectivity index (χ4n) is 3.46. The summed E-state index contributed by atoms with van der Waals surface area (Å²) >= 11 is 0. The molecule has 0 bridgehead atoms. The van der Waals surface area contributed by atoms with Gasteiger partial charge in [0.25, 0.3) is 0 Å². The zero-order chi connectivity index (χ0) is 15.1. The van der Waals surface area contributed by atoms with Crippen molar-refractivity contribution in [3.8, 4) is 0 Å². The molecule has 0 aliphatic carbocycles. The van der Waals surface area contributed by atoms with Gasteiger partial charge >= 0.3 is 0 Å². The van der Waals surface area contributed by atoms with Crippen molar-refractivity contribution in [1.29, 1.82) is 0 Å². The Morgan fingerprint density at radius 2 is 2.00 bits per heavy atom. The average Bonchev–Trinajstić information content (AvgIpc) is 2.52. The Morgan fingerprint density at radius 3 is 2.67 bits per heavy atom. The van der Waals surface area contributed by atoms with E-state index in [0.717, 1.165) is 5.92 Å². The minimum absolute atomic E-state index is 0.598. The highest BCUT2D eigenvalue weighted by molar-refractivity contribution is 5.19. The second-order valence-electron chi connectivity index (χ2n) is 6.78. The summed E-state index contributed by atoms with van der Waals surface area (Å²) in [6.07, 6.45) is 5.25. The first-order chi connectivity index (χ1) is 10.2. The molecule has 1 aliphatic rings. The average molecular weight is 288 g/mol. The fraction of sp³-hybridized carbons (Fsp3) is 0.684. The Bertz CT molecular complexity index is 388. The molecule has 2 nitrogen and oxygen atoms in total. The third-order valence-corrected chi connectivity index (χ3v) is 4.55. The van der Waals surface area contributed by atoms with Gasteiger partial charge in [0, 0.05) is 18.6 Å². The number of nitrogens with zero attached hydrogens (tertiary/aromatic N) is 1.